The molecule has 4 saturated carbocycles. The zero-order valence-corrected chi connectivity index (χ0v) is 34.8. The van der Waals surface area contributed by atoms with Gasteiger partial charge in [-0.05, 0) is 149 Å². The maximum Gasteiger partial charge on any atom is 0.219 e. The van der Waals surface area contributed by atoms with Crippen LogP contribution in [-0.4, -0.2) is 43.6 Å². The molecule has 304 valence electrons. The fraction of sp³-hybridized carbons (Fsp3) is 0.583. The molecule has 8 atom stereocenters. The molecule has 0 aromatic heterocycles. The van der Waals surface area contributed by atoms with Crippen molar-refractivity contribution in [2.24, 2.45) is 45.3 Å². The molecule has 8 aliphatic carbocycles. The summed E-state index contributed by atoms with van der Waals surface area (Å²) in [5.41, 5.74) is 4.43. The molecule has 0 unspecified atom stereocenters. The Morgan fingerprint density at radius 1 is 0.393 bits per heavy atom. The third-order valence-corrected chi connectivity index (χ3v) is 15.2. The maximum absolute atomic E-state index is 11.3. The summed E-state index contributed by atoms with van der Waals surface area (Å²) in [4.78, 5) is 45.2. The van der Waals surface area contributed by atoms with Crippen LogP contribution in [0.15, 0.2) is 93.9 Å². The van der Waals surface area contributed by atoms with E-state index in [2.05, 4.69) is 55.4 Å². The van der Waals surface area contributed by atoms with E-state index in [0.29, 0.717) is 23.7 Å². The number of aliphatic hydroxyl groups is 4. The van der Waals surface area contributed by atoms with Gasteiger partial charge >= 0.3 is 0 Å². The van der Waals surface area contributed by atoms with E-state index < -0.39 is 0 Å². The zero-order valence-electron chi connectivity index (χ0n) is 34.8. The minimum atomic E-state index is -0.230. The van der Waals surface area contributed by atoms with Gasteiger partial charge in [-0.25, -0.2) is 0 Å². The molecule has 8 nitrogen and oxygen atoms in total. The fourth-order valence-electron chi connectivity index (χ4n) is 10.1. The smallest absolute Gasteiger partial charge is 0.219 e. The van der Waals surface area contributed by atoms with Gasteiger partial charge in [0.25, 0.3) is 0 Å². The molecule has 56 heavy (non-hydrogen) atoms. The molecule has 4 fully saturated rings. The Balaban J connectivity index is 0.000000143. The van der Waals surface area contributed by atoms with Crippen LogP contribution in [0.3, 0.4) is 0 Å². The molecule has 8 rings (SSSR count). The molecule has 0 heterocycles. The summed E-state index contributed by atoms with van der Waals surface area (Å²) < 4.78 is 0. The highest BCUT2D eigenvalue weighted by Gasteiger charge is 2.42. The predicted molar refractivity (Wildman–Crippen MR) is 220 cm³/mol. The van der Waals surface area contributed by atoms with E-state index in [0.717, 1.165) is 51.4 Å². The first-order valence-corrected chi connectivity index (χ1v) is 20.8. The summed E-state index contributed by atoms with van der Waals surface area (Å²) in [6.07, 6.45) is 26.8. The van der Waals surface area contributed by atoms with Crippen LogP contribution in [0.1, 0.15) is 132 Å². The SMILES string of the molecule is C[C@@H]1CCCC2=CC(=O)C(O)=C[C@]21C.C[C@@H]1CCCC2=CC(=O)C(O)=C[C@]21C.C[C@H]1CCCC2=CC(=O)C(O)=C[C@@]21C.C[C@H]1CCCC2=CC(=O)C(O)=C[C@@]21C. The summed E-state index contributed by atoms with van der Waals surface area (Å²) >= 11 is 0. The van der Waals surface area contributed by atoms with Crippen LogP contribution in [0, 0.1) is 45.3 Å². The van der Waals surface area contributed by atoms with Crippen LogP contribution < -0.4 is 0 Å². The van der Waals surface area contributed by atoms with Crippen molar-refractivity contribution in [1.29, 1.82) is 0 Å². The van der Waals surface area contributed by atoms with E-state index in [-0.39, 0.29) is 67.8 Å². The van der Waals surface area contributed by atoms with Crippen molar-refractivity contribution in [2.45, 2.75) is 132 Å². The van der Waals surface area contributed by atoms with Crippen molar-refractivity contribution in [3.8, 4) is 0 Å². The van der Waals surface area contributed by atoms with Gasteiger partial charge in [0.2, 0.25) is 23.1 Å². The topological polar surface area (TPSA) is 149 Å². The zero-order chi connectivity index (χ0) is 41.4. The number of allylic oxidation sites excluding steroid dienone is 12. The van der Waals surface area contributed by atoms with Gasteiger partial charge in [0.15, 0.2) is 23.0 Å². The Bertz CT molecular complexity index is 1620. The molecule has 0 aliphatic heterocycles. The Kier molecular flexibility index (Phi) is 12.5. The van der Waals surface area contributed by atoms with Crippen molar-refractivity contribution in [1.82, 2.24) is 0 Å². The number of carbonyl (C=O) groups is 4. The average molecular weight is 769 g/mol. The highest BCUT2D eigenvalue weighted by molar-refractivity contribution is 6.05. The summed E-state index contributed by atoms with van der Waals surface area (Å²) in [5, 5.41) is 37.9. The van der Waals surface area contributed by atoms with Gasteiger partial charge in [0.1, 0.15) is 0 Å². The number of ketones is 4. The second-order valence-corrected chi connectivity index (χ2v) is 18.6. The Labute approximate surface area is 333 Å². The number of hydrogen-bond donors (Lipinski definition) is 4. The molecule has 8 aliphatic rings. The first kappa shape index (κ1) is 42.9. The molecule has 0 aromatic carbocycles. The first-order chi connectivity index (χ1) is 26.2. The maximum atomic E-state index is 11.3. The van der Waals surface area contributed by atoms with Gasteiger partial charge < -0.3 is 20.4 Å². The lowest BCUT2D eigenvalue weighted by Gasteiger charge is -2.41. The monoisotopic (exact) mass is 768 g/mol. The quantitative estimate of drug-likeness (QED) is 0.190. The highest BCUT2D eigenvalue weighted by atomic mass is 16.3. The Morgan fingerprint density at radius 2 is 0.571 bits per heavy atom. The standard InChI is InChI=1S/4C12H16O2/c4*1-8-4-3-5-9-6-10(13)11(14)7-12(8,9)2/h4*6-8,14H,3-5H2,1-2H3/t4*8-,12+/m1100/s1. The number of fused-ring (bicyclic) bond motifs is 4. The third-order valence-electron chi connectivity index (χ3n) is 15.2. The average Bonchev–Trinajstić information content (AvgIpc) is 3.12. The van der Waals surface area contributed by atoms with Crippen molar-refractivity contribution >= 4 is 23.1 Å². The summed E-state index contributed by atoms with van der Waals surface area (Å²) in [5.74, 6) is 0.812. The lowest BCUT2D eigenvalue weighted by Crippen LogP contribution is -2.33. The molecule has 0 spiro atoms. The second-order valence-electron chi connectivity index (χ2n) is 18.6. The molecule has 8 heteroatoms. The molecule has 0 amide bonds. The lowest BCUT2D eigenvalue weighted by atomic mass is 9.63. The largest absolute Gasteiger partial charge is 0.504 e. The van der Waals surface area contributed by atoms with Gasteiger partial charge in [0, 0.05) is 21.7 Å². The minimum Gasteiger partial charge on any atom is -0.504 e. The first-order valence-electron chi connectivity index (χ1n) is 20.8. The van der Waals surface area contributed by atoms with Crippen molar-refractivity contribution < 1.29 is 39.6 Å². The summed E-state index contributed by atoms with van der Waals surface area (Å²) in [7, 11) is 0. The number of carbonyl (C=O) groups excluding carboxylic acids is 4. The van der Waals surface area contributed by atoms with Gasteiger partial charge in [0.05, 0.1) is 0 Å². The van der Waals surface area contributed by atoms with Crippen LogP contribution in [0.2, 0.25) is 0 Å². The molecule has 0 aromatic rings. The van der Waals surface area contributed by atoms with Gasteiger partial charge in [-0.3, -0.25) is 19.2 Å². The van der Waals surface area contributed by atoms with Crippen molar-refractivity contribution in [3.63, 3.8) is 0 Å². The molecule has 0 saturated heterocycles. The van der Waals surface area contributed by atoms with Gasteiger partial charge in [-0.2, -0.15) is 0 Å². The Morgan fingerprint density at radius 3 is 0.750 bits per heavy atom. The van der Waals surface area contributed by atoms with Crippen LogP contribution in [-0.2, 0) is 19.2 Å². The van der Waals surface area contributed by atoms with Crippen molar-refractivity contribution in [2.75, 3.05) is 0 Å². The van der Waals surface area contributed by atoms with Crippen LogP contribution in [0.25, 0.3) is 0 Å². The summed E-state index contributed by atoms with van der Waals surface area (Å²) in [6, 6.07) is 0. The van der Waals surface area contributed by atoms with E-state index in [9.17, 15) is 39.6 Å². The fourth-order valence-corrected chi connectivity index (χ4v) is 10.1. The normalized spacial score (nSPS) is 37.3. The molecular weight excluding hydrogens is 705 g/mol. The van der Waals surface area contributed by atoms with E-state index in [1.54, 1.807) is 48.6 Å². The number of aliphatic hydroxyl groups excluding tert-OH is 4. The van der Waals surface area contributed by atoms with Crippen LogP contribution in [0.4, 0.5) is 0 Å². The van der Waals surface area contributed by atoms with E-state index in [4.69, 9.17) is 0 Å². The number of rotatable bonds is 0. The van der Waals surface area contributed by atoms with E-state index in [1.165, 1.54) is 48.0 Å². The van der Waals surface area contributed by atoms with E-state index in [1.807, 2.05) is 0 Å². The Hall–Kier alpha value is -4.20. The molecule has 0 bridgehead atoms. The van der Waals surface area contributed by atoms with Crippen LogP contribution in [0.5, 0.6) is 0 Å². The highest BCUT2D eigenvalue weighted by Crippen LogP contribution is 2.51. The van der Waals surface area contributed by atoms with Crippen LogP contribution >= 0.6 is 0 Å². The predicted octanol–water partition coefficient (Wildman–Crippen LogP) is 11.1. The second kappa shape index (κ2) is 16.3. The molecule has 0 radical (unpaired) electrons. The third kappa shape index (κ3) is 8.26. The minimum absolute atomic E-state index is 0.0787. The number of hydrogen-bond acceptors (Lipinski definition) is 8. The lowest BCUT2D eigenvalue weighted by molar-refractivity contribution is -0.114. The van der Waals surface area contributed by atoms with E-state index >= 15 is 0 Å². The van der Waals surface area contributed by atoms with Crippen molar-refractivity contribution in [3.05, 3.63) is 93.9 Å². The molecular formula is C48H64O8. The molecule has 4 N–H and O–H groups in total. The van der Waals surface area contributed by atoms with Gasteiger partial charge in [-0.1, -0.05) is 77.7 Å². The summed E-state index contributed by atoms with van der Waals surface area (Å²) in [6.45, 7) is 17.2. The van der Waals surface area contributed by atoms with Gasteiger partial charge in [-0.15, -0.1) is 0 Å².